The largest absolute Gasteiger partial charge is 0.302 e. The molecule has 0 saturated heterocycles. The Bertz CT molecular complexity index is 797. The number of pyridine rings is 1. The number of imidazole rings is 1. The van der Waals surface area contributed by atoms with Crippen LogP contribution in [0, 0.1) is 13.8 Å². The molecule has 0 aliphatic heterocycles. The smallest absolute Gasteiger partial charge is 0.137 e. The third-order valence-corrected chi connectivity index (χ3v) is 4.30. The van der Waals surface area contributed by atoms with Gasteiger partial charge >= 0.3 is 0 Å². The molecule has 0 radical (unpaired) electrons. The quantitative estimate of drug-likeness (QED) is 0.720. The van der Waals surface area contributed by atoms with Crippen molar-refractivity contribution < 1.29 is 0 Å². The zero-order valence-electron chi connectivity index (χ0n) is 14.0. The molecular formula is C19H23N3. The summed E-state index contributed by atoms with van der Waals surface area (Å²) in [6.45, 7) is 6.46. The number of aryl methyl sites for hydroxylation is 2. The minimum absolute atomic E-state index is 0.285. The number of rotatable bonds is 3. The molecule has 3 aromatic rings. The van der Waals surface area contributed by atoms with Gasteiger partial charge in [-0.3, -0.25) is 0 Å². The SMILES string of the molecule is Cc1ccc(-c2nc3ccc(C)cn3c2C(C)N(C)C)cc1. The molecule has 114 valence electrons. The average molecular weight is 293 g/mol. The van der Waals surface area contributed by atoms with E-state index in [0.29, 0.717) is 0 Å². The maximum absolute atomic E-state index is 4.89. The standard InChI is InChI=1S/C19H23N3/c1-13-6-9-16(10-7-13)18-19(15(3)21(4)5)22-12-14(2)8-11-17(22)20-18/h6-12,15H,1-5H3. The maximum atomic E-state index is 4.89. The Morgan fingerprint density at radius 1 is 0.955 bits per heavy atom. The highest BCUT2D eigenvalue weighted by atomic mass is 15.1. The van der Waals surface area contributed by atoms with Gasteiger partial charge in [-0.1, -0.05) is 35.9 Å². The molecule has 0 N–H and O–H groups in total. The lowest BCUT2D eigenvalue weighted by Gasteiger charge is -2.21. The summed E-state index contributed by atoms with van der Waals surface area (Å²) < 4.78 is 2.23. The highest BCUT2D eigenvalue weighted by molar-refractivity contribution is 5.67. The zero-order valence-corrected chi connectivity index (χ0v) is 14.0. The van der Waals surface area contributed by atoms with Crippen LogP contribution in [0.25, 0.3) is 16.9 Å². The first kappa shape index (κ1) is 14.8. The van der Waals surface area contributed by atoms with E-state index in [2.05, 4.69) is 86.8 Å². The second-order valence-corrected chi connectivity index (χ2v) is 6.29. The monoisotopic (exact) mass is 293 g/mol. The van der Waals surface area contributed by atoms with E-state index in [1.807, 2.05) is 0 Å². The van der Waals surface area contributed by atoms with Crippen LogP contribution in [0.1, 0.15) is 29.8 Å². The molecule has 0 amide bonds. The van der Waals surface area contributed by atoms with E-state index >= 15 is 0 Å². The predicted octanol–water partition coefficient (Wildman–Crippen LogP) is 4.24. The third-order valence-electron chi connectivity index (χ3n) is 4.30. The summed E-state index contributed by atoms with van der Waals surface area (Å²) in [5.41, 5.74) is 7.01. The van der Waals surface area contributed by atoms with Crippen LogP contribution in [-0.4, -0.2) is 28.4 Å². The van der Waals surface area contributed by atoms with Crippen LogP contribution >= 0.6 is 0 Å². The number of hydrogen-bond donors (Lipinski definition) is 0. The van der Waals surface area contributed by atoms with Crippen LogP contribution in [0.3, 0.4) is 0 Å². The molecule has 0 spiro atoms. The number of hydrogen-bond acceptors (Lipinski definition) is 2. The third kappa shape index (κ3) is 2.53. The molecular weight excluding hydrogens is 270 g/mol. The Balaban J connectivity index is 2.28. The number of nitrogens with zero attached hydrogens (tertiary/aromatic N) is 3. The van der Waals surface area contributed by atoms with Gasteiger partial charge in [-0.05, 0) is 46.5 Å². The van der Waals surface area contributed by atoms with Gasteiger partial charge in [-0.15, -0.1) is 0 Å². The molecule has 0 saturated carbocycles. The lowest BCUT2D eigenvalue weighted by Crippen LogP contribution is -2.19. The minimum Gasteiger partial charge on any atom is -0.302 e. The summed E-state index contributed by atoms with van der Waals surface area (Å²) in [5, 5.41) is 0. The number of aromatic nitrogens is 2. The number of benzene rings is 1. The van der Waals surface area contributed by atoms with Crippen LogP contribution in [0.15, 0.2) is 42.6 Å². The highest BCUT2D eigenvalue weighted by Gasteiger charge is 2.20. The normalized spacial score (nSPS) is 13.0. The van der Waals surface area contributed by atoms with Crippen LogP contribution < -0.4 is 0 Å². The van der Waals surface area contributed by atoms with Gasteiger partial charge in [-0.2, -0.15) is 0 Å². The molecule has 0 bridgehead atoms. The summed E-state index contributed by atoms with van der Waals surface area (Å²) in [6, 6.07) is 13.1. The highest BCUT2D eigenvalue weighted by Crippen LogP contribution is 2.31. The van der Waals surface area contributed by atoms with Crippen molar-refractivity contribution in [1.29, 1.82) is 0 Å². The van der Waals surface area contributed by atoms with E-state index in [0.717, 1.165) is 11.3 Å². The van der Waals surface area contributed by atoms with Gasteiger partial charge in [0.2, 0.25) is 0 Å². The Kier molecular flexibility index (Phi) is 3.75. The van der Waals surface area contributed by atoms with Crippen molar-refractivity contribution in [1.82, 2.24) is 14.3 Å². The Hall–Kier alpha value is -2.13. The minimum atomic E-state index is 0.285. The molecule has 0 fully saturated rings. The predicted molar refractivity (Wildman–Crippen MR) is 92.2 cm³/mol. The van der Waals surface area contributed by atoms with Crippen molar-refractivity contribution in [2.75, 3.05) is 14.1 Å². The fourth-order valence-electron chi connectivity index (χ4n) is 2.74. The Morgan fingerprint density at radius 2 is 1.59 bits per heavy atom. The Labute approximate surface area is 132 Å². The second-order valence-electron chi connectivity index (χ2n) is 6.29. The first-order valence-corrected chi connectivity index (χ1v) is 7.69. The maximum Gasteiger partial charge on any atom is 0.137 e. The van der Waals surface area contributed by atoms with Gasteiger partial charge in [0.05, 0.1) is 11.4 Å². The fourth-order valence-corrected chi connectivity index (χ4v) is 2.74. The molecule has 22 heavy (non-hydrogen) atoms. The van der Waals surface area contributed by atoms with E-state index in [9.17, 15) is 0 Å². The number of fused-ring (bicyclic) bond motifs is 1. The van der Waals surface area contributed by atoms with Crippen LogP contribution in [-0.2, 0) is 0 Å². The van der Waals surface area contributed by atoms with Gasteiger partial charge < -0.3 is 9.30 Å². The van der Waals surface area contributed by atoms with Gasteiger partial charge in [-0.25, -0.2) is 4.98 Å². The zero-order chi connectivity index (χ0) is 15.9. The molecule has 3 nitrogen and oxygen atoms in total. The Morgan fingerprint density at radius 3 is 2.23 bits per heavy atom. The lowest BCUT2D eigenvalue weighted by atomic mass is 10.0. The van der Waals surface area contributed by atoms with E-state index in [-0.39, 0.29) is 6.04 Å². The van der Waals surface area contributed by atoms with E-state index < -0.39 is 0 Å². The molecule has 0 aliphatic carbocycles. The van der Waals surface area contributed by atoms with E-state index in [4.69, 9.17) is 4.98 Å². The summed E-state index contributed by atoms with van der Waals surface area (Å²) in [6.07, 6.45) is 2.18. The molecule has 2 heterocycles. The van der Waals surface area contributed by atoms with Crippen molar-refractivity contribution in [2.24, 2.45) is 0 Å². The molecule has 1 aromatic carbocycles. The van der Waals surface area contributed by atoms with E-state index in [1.165, 1.54) is 22.4 Å². The molecule has 0 aliphatic rings. The van der Waals surface area contributed by atoms with Gasteiger partial charge in [0.1, 0.15) is 5.65 Å². The molecule has 2 aromatic heterocycles. The molecule has 3 heteroatoms. The topological polar surface area (TPSA) is 20.5 Å². The summed E-state index contributed by atoms with van der Waals surface area (Å²) >= 11 is 0. The second kappa shape index (κ2) is 5.58. The van der Waals surface area contributed by atoms with Crippen molar-refractivity contribution in [3.05, 3.63) is 59.4 Å². The van der Waals surface area contributed by atoms with Crippen molar-refractivity contribution in [3.8, 4) is 11.3 Å². The average Bonchev–Trinajstić information content (AvgIpc) is 2.85. The van der Waals surface area contributed by atoms with Crippen LogP contribution in [0.4, 0.5) is 0 Å². The molecule has 3 rings (SSSR count). The molecule has 1 atom stereocenters. The fraction of sp³-hybridized carbons (Fsp3) is 0.316. The first-order chi connectivity index (χ1) is 10.5. The summed E-state index contributed by atoms with van der Waals surface area (Å²) in [4.78, 5) is 7.12. The van der Waals surface area contributed by atoms with Crippen LogP contribution in [0.5, 0.6) is 0 Å². The van der Waals surface area contributed by atoms with Gasteiger partial charge in [0, 0.05) is 17.8 Å². The van der Waals surface area contributed by atoms with Crippen molar-refractivity contribution in [2.45, 2.75) is 26.8 Å². The van der Waals surface area contributed by atoms with Crippen LogP contribution in [0.2, 0.25) is 0 Å². The van der Waals surface area contributed by atoms with Gasteiger partial charge in [0.25, 0.3) is 0 Å². The van der Waals surface area contributed by atoms with Crippen molar-refractivity contribution in [3.63, 3.8) is 0 Å². The summed E-state index contributed by atoms with van der Waals surface area (Å²) in [7, 11) is 4.22. The van der Waals surface area contributed by atoms with E-state index in [1.54, 1.807) is 0 Å². The van der Waals surface area contributed by atoms with Crippen molar-refractivity contribution >= 4 is 5.65 Å². The molecule has 1 unspecified atom stereocenters. The van der Waals surface area contributed by atoms with Gasteiger partial charge in [0.15, 0.2) is 0 Å². The lowest BCUT2D eigenvalue weighted by molar-refractivity contribution is 0.314. The summed E-state index contributed by atoms with van der Waals surface area (Å²) in [5.74, 6) is 0. The first-order valence-electron chi connectivity index (χ1n) is 7.69.